The van der Waals surface area contributed by atoms with Crippen LogP contribution in [0.25, 0.3) is 0 Å². The predicted molar refractivity (Wildman–Crippen MR) is 51.9 cm³/mol. The lowest BCUT2D eigenvalue weighted by Gasteiger charge is -2.13. The number of nitrogens with zero attached hydrogens (tertiary/aromatic N) is 2. The van der Waals surface area contributed by atoms with E-state index in [1.54, 1.807) is 10.9 Å². The normalized spacial score (nSPS) is 12.7. The molecule has 5 heteroatoms. The Balaban J connectivity index is 2.82. The van der Waals surface area contributed by atoms with Gasteiger partial charge in [0.1, 0.15) is 0 Å². The summed E-state index contributed by atoms with van der Waals surface area (Å²) in [6, 6.07) is 1.82. The Labute approximate surface area is 82.5 Å². The first kappa shape index (κ1) is 10.7. The summed E-state index contributed by atoms with van der Waals surface area (Å²) in [5.41, 5.74) is 6.43. The summed E-state index contributed by atoms with van der Waals surface area (Å²) in [5.74, 6) is -0.973. The Kier molecular flexibility index (Phi) is 3.64. The van der Waals surface area contributed by atoms with Crippen molar-refractivity contribution in [2.24, 2.45) is 5.73 Å². The minimum Gasteiger partial charge on any atom is -0.481 e. The molecule has 0 aliphatic carbocycles. The zero-order chi connectivity index (χ0) is 10.6. The maximum atomic E-state index is 10.6. The van der Waals surface area contributed by atoms with Gasteiger partial charge in [-0.15, -0.1) is 0 Å². The maximum Gasteiger partial charge on any atom is 0.304 e. The van der Waals surface area contributed by atoms with E-state index in [0.29, 0.717) is 6.54 Å². The van der Waals surface area contributed by atoms with Gasteiger partial charge >= 0.3 is 5.97 Å². The molecule has 0 amide bonds. The van der Waals surface area contributed by atoms with Gasteiger partial charge in [0.25, 0.3) is 0 Å². The second-order valence-electron chi connectivity index (χ2n) is 3.10. The van der Waals surface area contributed by atoms with Gasteiger partial charge in [0.05, 0.1) is 6.42 Å². The molecule has 1 rings (SSSR count). The van der Waals surface area contributed by atoms with Crippen LogP contribution in [0.4, 0.5) is 0 Å². The molecular weight excluding hydrogens is 182 g/mol. The first-order chi connectivity index (χ1) is 6.69. The standard InChI is InChI=1S/C9H15N3O2/c1-2-12-8(3-4-11-12)7(6-10)5-9(13)14/h3-4,7H,2,5-6,10H2,1H3,(H,13,14). The van der Waals surface area contributed by atoms with Gasteiger partial charge in [-0.05, 0) is 13.0 Å². The molecule has 0 spiro atoms. The van der Waals surface area contributed by atoms with Crippen LogP contribution in [0.2, 0.25) is 0 Å². The van der Waals surface area contributed by atoms with Gasteiger partial charge in [-0.3, -0.25) is 9.48 Å². The molecule has 1 aromatic heterocycles. The van der Waals surface area contributed by atoms with Gasteiger partial charge in [0, 0.05) is 30.9 Å². The lowest BCUT2D eigenvalue weighted by molar-refractivity contribution is -0.137. The van der Waals surface area contributed by atoms with Crippen molar-refractivity contribution in [1.29, 1.82) is 0 Å². The van der Waals surface area contributed by atoms with Gasteiger partial charge in [0.15, 0.2) is 0 Å². The fourth-order valence-electron chi connectivity index (χ4n) is 1.47. The molecule has 0 aliphatic heterocycles. The summed E-state index contributed by atoms with van der Waals surface area (Å²) in [7, 11) is 0. The maximum absolute atomic E-state index is 10.6. The fraction of sp³-hybridized carbons (Fsp3) is 0.556. The van der Waals surface area contributed by atoms with Crippen LogP contribution in [0.15, 0.2) is 12.3 Å². The summed E-state index contributed by atoms with van der Waals surface area (Å²) in [5, 5.41) is 12.8. The smallest absolute Gasteiger partial charge is 0.304 e. The Morgan fingerprint density at radius 1 is 1.79 bits per heavy atom. The van der Waals surface area contributed by atoms with E-state index in [1.807, 2.05) is 13.0 Å². The van der Waals surface area contributed by atoms with Crippen molar-refractivity contribution in [3.63, 3.8) is 0 Å². The second-order valence-corrected chi connectivity index (χ2v) is 3.10. The van der Waals surface area contributed by atoms with Crippen molar-refractivity contribution in [3.05, 3.63) is 18.0 Å². The minimum atomic E-state index is -0.829. The number of hydrogen-bond donors (Lipinski definition) is 2. The number of carboxylic acid groups (broad SMARTS) is 1. The van der Waals surface area contributed by atoms with Crippen molar-refractivity contribution < 1.29 is 9.90 Å². The molecule has 1 heterocycles. The topological polar surface area (TPSA) is 81.1 Å². The van der Waals surface area contributed by atoms with Crippen LogP contribution in [-0.4, -0.2) is 27.4 Å². The average molecular weight is 197 g/mol. The molecule has 78 valence electrons. The fourth-order valence-corrected chi connectivity index (χ4v) is 1.47. The van der Waals surface area contributed by atoms with Gasteiger partial charge in [0.2, 0.25) is 0 Å². The third-order valence-electron chi connectivity index (χ3n) is 2.17. The van der Waals surface area contributed by atoms with Gasteiger partial charge < -0.3 is 10.8 Å². The summed E-state index contributed by atoms with van der Waals surface area (Å²) >= 11 is 0. The van der Waals surface area contributed by atoms with E-state index in [4.69, 9.17) is 10.8 Å². The van der Waals surface area contributed by atoms with Crippen LogP contribution in [-0.2, 0) is 11.3 Å². The zero-order valence-corrected chi connectivity index (χ0v) is 8.18. The summed E-state index contributed by atoms with van der Waals surface area (Å²) in [4.78, 5) is 10.6. The highest BCUT2D eigenvalue weighted by atomic mass is 16.4. The van der Waals surface area contributed by atoms with Crippen LogP contribution in [0.1, 0.15) is 25.0 Å². The molecule has 0 fully saturated rings. The van der Waals surface area contributed by atoms with E-state index in [1.165, 1.54) is 0 Å². The lowest BCUT2D eigenvalue weighted by Crippen LogP contribution is -2.19. The molecule has 5 nitrogen and oxygen atoms in total. The molecule has 0 aromatic carbocycles. The van der Waals surface area contributed by atoms with E-state index >= 15 is 0 Å². The van der Waals surface area contributed by atoms with Gasteiger partial charge in [-0.2, -0.15) is 5.10 Å². The Hall–Kier alpha value is -1.36. The average Bonchev–Trinajstić information content (AvgIpc) is 2.61. The number of aryl methyl sites for hydroxylation is 1. The first-order valence-electron chi connectivity index (χ1n) is 4.62. The lowest BCUT2D eigenvalue weighted by atomic mass is 10.0. The SMILES string of the molecule is CCn1nccc1C(CN)CC(=O)O. The van der Waals surface area contributed by atoms with Crippen LogP contribution in [0.3, 0.4) is 0 Å². The quantitative estimate of drug-likeness (QED) is 0.716. The molecule has 0 saturated carbocycles. The van der Waals surface area contributed by atoms with Crippen molar-refractivity contribution in [1.82, 2.24) is 9.78 Å². The molecule has 0 saturated heterocycles. The van der Waals surface area contributed by atoms with Crippen LogP contribution in [0, 0.1) is 0 Å². The van der Waals surface area contributed by atoms with Crippen LogP contribution >= 0.6 is 0 Å². The van der Waals surface area contributed by atoms with Crippen LogP contribution < -0.4 is 5.73 Å². The largest absolute Gasteiger partial charge is 0.481 e. The molecule has 0 radical (unpaired) electrons. The summed E-state index contributed by atoms with van der Waals surface area (Å²) < 4.78 is 1.78. The van der Waals surface area contributed by atoms with Crippen molar-refractivity contribution in [2.75, 3.05) is 6.54 Å². The number of nitrogens with two attached hydrogens (primary N) is 1. The Morgan fingerprint density at radius 3 is 3.00 bits per heavy atom. The van der Waals surface area contributed by atoms with Crippen molar-refractivity contribution >= 4 is 5.97 Å². The number of aromatic nitrogens is 2. The number of rotatable bonds is 5. The molecular formula is C9H15N3O2. The van der Waals surface area contributed by atoms with Gasteiger partial charge in [-0.1, -0.05) is 0 Å². The Bertz CT molecular complexity index is 309. The number of carboxylic acids is 1. The van der Waals surface area contributed by atoms with Crippen LogP contribution in [0.5, 0.6) is 0 Å². The van der Waals surface area contributed by atoms with E-state index < -0.39 is 5.97 Å². The molecule has 0 aliphatic rings. The zero-order valence-electron chi connectivity index (χ0n) is 8.18. The van der Waals surface area contributed by atoms with Crippen molar-refractivity contribution in [2.45, 2.75) is 25.8 Å². The third-order valence-corrected chi connectivity index (χ3v) is 2.17. The molecule has 3 N–H and O–H groups in total. The van der Waals surface area contributed by atoms with E-state index in [9.17, 15) is 4.79 Å². The van der Waals surface area contributed by atoms with E-state index in [0.717, 1.165) is 12.2 Å². The molecule has 0 bridgehead atoms. The first-order valence-corrected chi connectivity index (χ1v) is 4.62. The van der Waals surface area contributed by atoms with Crippen molar-refractivity contribution in [3.8, 4) is 0 Å². The van der Waals surface area contributed by atoms with E-state index in [2.05, 4.69) is 5.10 Å². The van der Waals surface area contributed by atoms with Gasteiger partial charge in [-0.25, -0.2) is 0 Å². The molecule has 1 aromatic rings. The third kappa shape index (κ3) is 2.32. The molecule has 1 atom stereocenters. The highest BCUT2D eigenvalue weighted by Crippen LogP contribution is 2.17. The Morgan fingerprint density at radius 2 is 2.50 bits per heavy atom. The number of aliphatic carboxylic acids is 1. The highest BCUT2D eigenvalue weighted by Gasteiger charge is 2.17. The minimum absolute atomic E-state index is 0.0577. The summed E-state index contributed by atoms with van der Waals surface area (Å²) in [6.45, 7) is 3.03. The number of hydrogen-bond acceptors (Lipinski definition) is 3. The van der Waals surface area contributed by atoms with E-state index in [-0.39, 0.29) is 12.3 Å². The second kappa shape index (κ2) is 4.76. The molecule has 14 heavy (non-hydrogen) atoms. The number of carbonyl (C=O) groups is 1. The predicted octanol–water partition coefficient (Wildman–Crippen LogP) is 0.420. The highest BCUT2D eigenvalue weighted by molar-refractivity contribution is 5.67. The molecule has 1 unspecified atom stereocenters. The monoisotopic (exact) mass is 197 g/mol. The summed E-state index contributed by atoms with van der Waals surface area (Å²) in [6.07, 6.45) is 1.73.